The summed E-state index contributed by atoms with van der Waals surface area (Å²) in [4.78, 5) is 22.3. The molecule has 0 radical (unpaired) electrons. The van der Waals surface area contributed by atoms with E-state index in [1.165, 1.54) is 0 Å². The number of halogens is 1. The van der Waals surface area contributed by atoms with Gasteiger partial charge in [-0.25, -0.2) is 8.42 Å². The normalized spacial score (nSPS) is 22.9. The van der Waals surface area contributed by atoms with Gasteiger partial charge >= 0.3 is 0 Å². The maximum absolute atomic E-state index is 12.2. The van der Waals surface area contributed by atoms with Crippen molar-refractivity contribution in [3.8, 4) is 0 Å². The lowest BCUT2D eigenvalue weighted by Crippen LogP contribution is -2.57. The van der Waals surface area contributed by atoms with E-state index in [-0.39, 0.29) is 35.6 Å². The summed E-state index contributed by atoms with van der Waals surface area (Å²) in [7, 11) is -3.06. The highest BCUT2D eigenvalue weighted by Crippen LogP contribution is 2.23. The molecule has 0 aliphatic carbocycles. The van der Waals surface area contributed by atoms with E-state index in [0.29, 0.717) is 19.6 Å². The molecule has 0 atom stereocenters. The third kappa shape index (κ3) is 6.45. The molecule has 0 aromatic rings. The number of nitrogens with one attached hydrogen (secondary N) is 1. The molecule has 2 aliphatic rings. The number of carbonyl (C=O) groups excluding carboxylic acids is 1. The molecule has 0 spiro atoms. The predicted octanol–water partition coefficient (Wildman–Crippen LogP) is 0.243. The monoisotopic (exact) mass is 515 g/mol. The number of hydrogen-bond acceptors (Lipinski definition) is 5. The smallest absolute Gasteiger partial charge is 0.219 e. The van der Waals surface area contributed by atoms with E-state index in [4.69, 9.17) is 4.99 Å². The molecule has 1 N–H and O–H groups in total. The molecule has 0 aromatic carbocycles. The molecule has 0 unspecified atom stereocenters. The van der Waals surface area contributed by atoms with Crippen molar-refractivity contribution in [2.45, 2.75) is 32.4 Å². The van der Waals surface area contributed by atoms with Crippen molar-refractivity contribution in [3.63, 3.8) is 0 Å². The number of sulfone groups is 1. The van der Waals surface area contributed by atoms with Crippen molar-refractivity contribution in [3.05, 3.63) is 0 Å². The summed E-state index contributed by atoms with van der Waals surface area (Å²) in [5.74, 6) is 1.09. The zero-order valence-corrected chi connectivity index (χ0v) is 20.0. The van der Waals surface area contributed by atoms with Crippen LogP contribution in [0.3, 0.4) is 0 Å². The Morgan fingerprint density at radius 3 is 2.26 bits per heavy atom. The van der Waals surface area contributed by atoms with Gasteiger partial charge in [0.2, 0.25) is 5.91 Å². The van der Waals surface area contributed by atoms with Crippen molar-refractivity contribution >= 4 is 45.7 Å². The number of aliphatic imine (C=N–C) groups is 1. The van der Waals surface area contributed by atoms with Crippen molar-refractivity contribution in [2.24, 2.45) is 4.99 Å². The van der Waals surface area contributed by atoms with Gasteiger partial charge in [0.15, 0.2) is 15.8 Å². The lowest BCUT2D eigenvalue weighted by molar-refractivity contribution is -0.130. The molecule has 2 rings (SSSR count). The molecule has 1 amide bonds. The molecular formula is C17H34IN5O3S. The topological polar surface area (TPSA) is 85.3 Å². The van der Waals surface area contributed by atoms with E-state index in [1.807, 2.05) is 11.8 Å². The molecule has 8 nitrogen and oxygen atoms in total. The van der Waals surface area contributed by atoms with Gasteiger partial charge in [0.25, 0.3) is 0 Å². The van der Waals surface area contributed by atoms with E-state index >= 15 is 0 Å². The van der Waals surface area contributed by atoms with Gasteiger partial charge in [0.05, 0.1) is 17.0 Å². The first-order valence-corrected chi connectivity index (χ1v) is 11.0. The second-order valence-corrected chi connectivity index (χ2v) is 10.3. The van der Waals surface area contributed by atoms with Gasteiger partial charge in [-0.1, -0.05) is 0 Å². The molecule has 158 valence electrons. The molecule has 10 heteroatoms. The zero-order chi connectivity index (χ0) is 19.4. The summed E-state index contributed by atoms with van der Waals surface area (Å²) in [5, 5.41) is 3.29. The summed E-state index contributed by atoms with van der Waals surface area (Å²) in [6.45, 7) is 13.7. The van der Waals surface area contributed by atoms with Gasteiger partial charge in [-0.15, -0.1) is 24.0 Å². The first-order valence-electron chi connectivity index (χ1n) is 9.40. The Balaban J connectivity index is 0.00000364. The zero-order valence-electron chi connectivity index (χ0n) is 16.9. The van der Waals surface area contributed by atoms with Crippen LogP contribution in [-0.2, 0) is 14.6 Å². The van der Waals surface area contributed by atoms with Gasteiger partial charge in [0, 0.05) is 59.3 Å². The summed E-state index contributed by atoms with van der Waals surface area (Å²) >= 11 is 0. The molecule has 27 heavy (non-hydrogen) atoms. The van der Waals surface area contributed by atoms with Crippen LogP contribution in [0.25, 0.3) is 0 Å². The largest absolute Gasteiger partial charge is 0.357 e. The van der Waals surface area contributed by atoms with Gasteiger partial charge in [-0.3, -0.25) is 14.7 Å². The van der Waals surface area contributed by atoms with Crippen LogP contribution in [0.5, 0.6) is 0 Å². The summed E-state index contributed by atoms with van der Waals surface area (Å²) < 4.78 is 23.6. The summed E-state index contributed by atoms with van der Waals surface area (Å²) in [5.41, 5.74) is 0. The van der Waals surface area contributed by atoms with Crippen LogP contribution in [0.15, 0.2) is 4.99 Å². The van der Waals surface area contributed by atoms with Crippen LogP contribution in [-0.4, -0.2) is 104 Å². The Morgan fingerprint density at radius 2 is 1.74 bits per heavy atom. The Hall–Kier alpha value is -0.620. The average Bonchev–Trinajstić information content (AvgIpc) is 2.57. The van der Waals surface area contributed by atoms with E-state index < -0.39 is 14.6 Å². The highest BCUT2D eigenvalue weighted by Gasteiger charge is 2.40. The number of rotatable bonds is 4. The van der Waals surface area contributed by atoms with Crippen molar-refractivity contribution < 1.29 is 13.2 Å². The minimum Gasteiger partial charge on any atom is -0.357 e. The second kappa shape index (κ2) is 10.2. The second-order valence-electron chi connectivity index (χ2n) is 7.58. The third-order valence-corrected chi connectivity index (χ3v) is 7.71. The van der Waals surface area contributed by atoms with Crippen LogP contribution < -0.4 is 5.32 Å². The maximum atomic E-state index is 12.2. The van der Waals surface area contributed by atoms with Gasteiger partial charge < -0.3 is 15.1 Å². The molecular weight excluding hydrogens is 481 g/mol. The minimum atomic E-state index is -3.06. The average molecular weight is 515 g/mol. The molecule has 0 bridgehead atoms. The number of nitrogens with zero attached hydrogens (tertiary/aromatic N) is 4. The maximum Gasteiger partial charge on any atom is 0.219 e. The van der Waals surface area contributed by atoms with Crippen molar-refractivity contribution in [2.75, 3.05) is 64.7 Å². The molecule has 2 saturated heterocycles. The highest BCUT2D eigenvalue weighted by molar-refractivity contribution is 14.0. The van der Waals surface area contributed by atoms with Crippen molar-refractivity contribution in [1.29, 1.82) is 0 Å². The highest BCUT2D eigenvalue weighted by atomic mass is 127. The van der Waals surface area contributed by atoms with Crippen LogP contribution in [0.4, 0.5) is 0 Å². The first kappa shape index (κ1) is 24.4. The first-order chi connectivity index (χ1) is 12.2. The number of guanidine groups is 1. The van der Waals surface area contributed by atoms with Crippen LogP contribution in [0.2, 0.25) is 0 Å². The third-order valence-electron chi connectivity index (χ3n) is 5.17. The summed E-state index contributed by atoms with van der Waals surface area (Å²) in [6, 6.07) is 0. The number of piperazine rings is 1. The fourth-order valence-electron chi connectivity index (χ4n) is 3.33. The van der Waals surface area contributed by atoms with E-state index in [2.05, 4.69) is 15.1 Å². The predicted molar refractivity (Wildman–Crippen MR) is 120 cm³/mol. The van der Waals surface area contributed by atoms with Gasteiger partial charge in [-0.05, 0) is 20.8 Å². The van der Waals surface area contributed by atoms with Crippen LogP contribution >= 0.6 is 24.0 Å². The van der Waals surface area contributed by atoms with Gasteiger partial charge in [0.1, 0.15) is 0 Å². The van der Waals surface area contributed by atoms with Crippen LogP contribution in [0, 0.1) is 0 Å². The number of carbonyl (C=O) groups is 1. The Morgan fingerprint density at radius 1 is 1.11 bits per heavy atom. The fourth-order valence-corrected chi connectivity index (χ4v) is 4.70. The van der Waals surface area contributed by atoms with E-state index in [9.17, 15) is 13.2 Å². The Labute approximate surface area is 180 Å². The lowest BCUT2D eigenvalue weighted by atomic mass is 10.2. The molecule has 0 aromatic heterocycles. The Kier molecular flexibility index (Phi) is 9.26. The molecule has 2 heterocycles. The number of amides is 1. The fraction of sp³-hybridized carbons (Fsp3) is 0.882. The van der Waals surface area contributed by atoms with Gasteiger partial charge in [-0.2, -0.15) is 0 Å². The van der Waals surface area contributed by atoms with E-state index in [0.717, 1.165) is 45.2 Å². The lowest BCUT2D eigenvalue weighted by Gasteiger charge is -2.39. The standard InChI is InChI=1S/C17H33N5O3S.HI/c1-5-18-16(22-12-13-26(24,25)17(3,4)14-22)19-6-7-20-8-10-21(11-9-20)15(2)23;/h5-14H2,1-4H3,(H,18,19);1H. The van der Waals surface area contributed by atoms with Crippen molar-refractivity contribution in [1.82, 2.24) is 20.0 Å². The summed E-state index contributed by atoms with van der Waals surface area (Å²) in [6.07, 6.45) is 0. The van der Waals surface area contributed by atoms with E-state index in [1.54, 1.807) is 20.8 Å². The molecule has 2 fully saturated rings. The van der Waals surface area contributed by atoms with Crippen LogP contribution in [0.1, 0.15) is 27.7 Å². The Bertz CT molecular complexity index is 630. The SMILES string of the molecule is CCNC(=NCCN1CCN(C(C)=O)CC1)N1CCS(=O)(=O)C(C)(C)C1.I. The minimum absolute atomic E-state index is 0. The number of hydrogen-bond donors (Lipinski definition) is 1. The molecule has 2 aliphatic heterocycles. The molecule has 0 saturated carbocycles. The quantitative estimate of drug-likeness (QED) is 0.328.